The summed E-state index contributed by atoms with van der Waals surface area (Å²) in [7, 11) is -4.27. The molecule has 15 heteroatoms. The molecule has 4 aromatic rings. The summed E-state index contributed by atoms with van der Waals surface area (Å²) < 4.78 is 28.8. The summed E-state index contributed by atoms with van der Waals surface area (Å²) in [4.78, 5) is 42.3. The number of hydrogen-bond acceptors (Lipinski definition) is 6. The highest BCUT2D eigenvalue weighted by Gasteiger charge is 2.45. The predicted octanol–water partition coefficient (Wildman–Crippen LogP) is 6.31. The summed E-state index contributed by atoms with van der Waals surface area (Å²) in [5.74, 6) is -2.97. The van der Waals surface area contributed by atoms with Crippen LogP contribution in [0.1, 0.15) is 33.8 Å². The van der Waals surface area contributed by atoms with Crippen molar-refractivity contribution in [3.63, 3.8) is 0 Å². The van der Waals surface area contributed by atoms with Crippen LogP contribution < -0.4 is 10.6 Å². The van der Waals surface area contributed by atoms with Crippen molar-refractivity contribution in [1.82, 2.24) is 14.6 Å². The van der Waals surface area contributed by atoms with Gasteiger partial charge < -0.3 is 15.7 Å². The Bertz CT molecular complexity index is 1890. The molecule has 3 aromatic carbocycles. The second kappa shape index (κ2) is 14.6. The van der Waals surface area contributed by atoms with Crippen LogP contribution in [0.25, 0.3) is 0 Å². The number of nitrogens with zero attached hydrogens (tertiary/aromatic N) is 2. The maximum atomic E-state index is 13.8. The van der Waals surface area contributed by atoms with Gasteiger partial charge in [0.1, 0.15) is 12.1 Å². The van der Waals surface area contributed by atoms with Gasteiger partial charge >= 0.3 is 5.97 Å². The first kappa shape index (κ1) is 34.6. The average Bonchev–Trinajstić information content (AvgIpc) is 3.48. The number of carbonyl (C=O) groups excluding carboxylic acids is 2. The summed E-state index contributed by atoms with van der Waals surface area (Å²) >= 11 is 24.3. The van der Waals surface area contributed by atoms with Crippen LogP contribution in [0.5, 0.6) is 0 Å². The minimum atomic E-state index is -4.27. The molecule has 1 saturated heterocycles. The Morgan fingerprint density at radius 2 is 1.53 bits per heavy atom. The van der Waals surface area contributed by atoms with Gasteiger partial charge in [-0.3, -0.25) is 14.6 Å². The fourth-order valence-electron chi connectivity index (χ4n) is 5.34. The zero-order valence-corrected chi connectivity index (χ0v) is 28.1. The third-order valence-corrected chi connectivity index (χ3v) is 10.5. The van der Waals surface area contributed by atoms with E-state index >= 15 is 0 Å². The first-order valence-electron chi connectivity index (χ1n) is 14.1. The van der Waals surface area contributed by atoms with Gasteiger partial charge in [-0.15, -0.1) is 0 Å². The number of pyridine rings is 1. The lowest BCUT2D eigenvalue weighted by Gasteiger charge is -2.25. The molecular formula is C32H26Cl4N4O6S. The fourth-order valence-corrected chi connectivity index (χ4v) is 8.25. The Kier molecular flexibility index (Phi) is 10.7. The SMILES string of the molecule is O=C(Nc1ccc(C[C@H](NC(=O)C2C[C@@H](c3ccccc3)CN2S(=O)(=O)c2cc(Cl)cc(Cl)c2)C(=O)O)cc1)c1c(Cl)cncc1Cl. The van der Waals surface area contributed by atoms with E-state index in [1.807, 2.05) is 30.3 Å². The van der Waals surface area contributed by atoms with Gasteiger partial charge in [-0.1, -0.05) is 88.9 Å². The van der Waals surface area contributed by atoms with Crippen LogP contribution in [-0.4, -0.2) is 59.2 Å². The molecule has 0 saturated carbocycles. The highest BCUT2D eigenvalue weighted by atomic mass is 35.5. The van der Waals surface area contributed by atoms with Gasteiger partial charge in [0.25, 0.3) is 5.91 Å². The lowest BCUT2D eigenvalue weighted by molar-refractivity contribution is -0.142. The maximum Gasteiger partial charge on any atom is 0.326 e. The number of sulfonamides is 1. The zero-order chi connectivity index (χ0) is 33.9. The van der Waals surface area contributed by atoms with Gasteiger partial charge in [-0.05, 0) is 53.8 Å². The fraction of sp³-hybridized carbons (Fsp3) is 0.188. The van der Waals surface area contributed by atoms with Crippen molar-refractivity contribution in [2.24, 2.45) is 0 Å². The van der Waals surface area contributed by atoms with Gasteiger partial charge in [0.2, 0.25) is 15.9 Å². The van der Waals surface area contributed by atoms with Crippen molar-refractivity contribution >= 4 is 79.9 Å². The zero-order valence-electron chi connectivity index (χ0n) is 24.2. The van der Waals surface area contributed by atoms with Crippen LogP contribution >= 0.6 is 46.4 Å². The van der Waals surface area contributed by atoms with Gasteiger partial charge in [0, 0.05) is 41.1 Å². The van der Waals surface area contributed by atoms with Crippen molar-refractivity contribution in [2.45, 2.75) is 35.7 Å². The van der Waals surface area contributed by atoms with Crippen molar-refractivity contribution in [3.05, 3.63) is 122 Å². The lowest BCUT2D eigenvalue weighted by Crippen LogP contribution is -2.51. The van der Waals surface area contributed by atoms with E-state index in [9.17, 15) is 27.9 Å². The van der Waals surface area contributed by atoms with Crippen molar-refractivity contribution in [1.29, 1.82) is 0 Å². The number of carboxylic acids is 1. The van der Waals surface area contributed by atoms with Gasteiger partial charge in [-0.2, -0.15) is 4.31 Å². The molecule has 0 bridgehead atoms. The van der Waals surface area contributed by atoms with E-state index in [-0.39, 0.29) is 55.9 Å². The second-order valence-electron chi connectivity index (χ2n) is 10.8. The number of rotatable bonds is 10. The molecule has 5 rings (SSSR count). The molecule has 0 radical (unpaired) electrons. The predicted molar refractivity (Wildman–Crippen MR) is 180 cm³/mol. The topological polar surface area (TPSA) is 146 Å². The highest BCUT2D eigenvalue weighted by Crippen LogP contribution is 2.37. The molecule has 1 aliphatic rings. The van der Waals surface area contributed by atoms with Gasteiger partial charge in [-0.25, -0.2) is 13.2 Å². The molecule has 3 atom stereocenters. The van der Waals surface area contributed by atoms with E-state index in [1.165, 1.54) is 30.6 Å². The monoisotopic (exact) mass is 734 g/mol. The normalized spacial score (nSPS) is 17.2. The number of carboxylic acid groups (broad SMARTS) is 1. The number of benzene rings is 3. The molecule has 10 nitrogen and oxygen atoms in total. The molecule has 0 spiro atoms. The molecule has 0 aliphatic carbocycles. The molecular weight excluding hydrogens is 710 g/mol. The third kappa shape index (κ3) is 8.06. The minimum absolute atomic E-state index is 0.0184. The minimum Gasteiger partial charge on any atom is -0.480 e. The number of nitrogens with one attached hydrogen (secondary N) is 2. The molecule has 1 aromatic heterocycles. The van der Waals surface area contributed by atoms with Crippen LogP contribution in [0.2, 0.25) is 20.1 Å². The average molecular weight is 736 g/mol. The smallest absolute Gasteiger partial charge is 0.326 e. The standard InChI is InChI=1S/C32H26Cl4N4O6S/c33-21-12-22(34)14-24(13-21)47(45,46)40-17-20(19-4-2-1-3-5-19)11-28(40)30(41)39-27(32(43)44)10-18-6-8-23(9-7-18)38-31(42)29-25(35)15-37-16-26(29)36/h1-9,12-16,20,27-28H,10-11,17H2,(H,38,42)(H,39,41)(H,43,44)/t20-,27+,28?/m1/s1. The first-order chi connectivity index (χ1) is 22.3. The summed E-state index contributed by atoms with van der Waals surface area (Å²) in [5.41, 5.74) is 1.81. The number of anilines is 1. The number of amides is 2. The van der Waals surface area contributed by atoms with E-state index < -0.39 is 39.9 Å². The van der Waals surface area contributed by atoms with E-state index in [0.717, 1.165) is 9.87 Å². The largest absolute Gasteiger partial charge is 0.480 e. The maximum absolute atomic E-state index is 13.8. The summed E-state index contributed by atoms with van der Waals surface area (Å²) in [6, 6.07) is 16.7. The molecule has 47 heavy (non-hydrogen) atoms. The number of hydrogen-bond donors (Lipinski definition) is 3. The van der Waals surface area contributed by atoms with Crippen LogP contribution in [0.4, 0.5) is 5.69 Å². The molecule has 1 fully saturated rings. The van der Waals surface area contributed by atoms with Crippen LogP contribution in [0.3, 0.4) is 0 Å². The molecule has 1 unspecified atom stereocenters. The third-order valence-electron chi connectivity index (χ3n) is 7.62. The number of aliphatic carboxylic acids is 1. The van der Waals surface area contributed by atoms with Gasteiger partial charge in [0.15, 0.2) is 0 Å². The number of aromatic nitrogens is 1. The number of halogens is 4. The molecule has 2 heterocycles. The molecule has 2 amide bonds. The summed E-state index contributed by atoms with van der Waals surface area (Å²) in [6.07, 6.45) is 2.58. The Balaban J connectivity index is 1.34. The Morgan fingerprint density at radius 1 is 0.915 bits per heavy atom. The van der Waals surface area contributed by atoms with Crippen LogP contribution in [0.15, 0.2) is 90.1 Å². The molecule has 1 aliphatic heterocycles. The molecule has 3 N–H and O–H groups in total. The van der Waals surface area contributed by atoms with E-state index in [2.05, 4.69) is 15.6 Å². The quantitative estimate of drug-likeness (QED) is 0.173. The Hall–Kier alpha value is -3.71. The van der Waals surface area contributed by atoms with Crippen molar-refractivity contribution < 1.29 is 27.9 Å². The Morgan fingerprint density at radius 3 is 2.13 bits per heavy atom. The highest BCUT2D eigenvalue weighted by molar-refractivity contribution is 7.89. The molecule has 244 valence electrons. The number of carbonyl (C=O) groups is 3. The van der Waals surface area contributed by atoms with E-state index in [1.54, 1.807) is 24.3 Å². The van der Waals surface area contributed by atoms with Crippen molar-refractivity contribution in [2.75, 3.05) is 11.9 Å². The summed E-state index contributed by atoms with van der Waals surface area (Å²) in [5, 5.41) is 15.6. The Labute approximate surface area is 290 Å². The van der Waals surface area contributed by atoms with Crippen LogP contribution in [-0.2, 0) is 26.0 Å². The van der Waals surface area contributed by atoms with Crippen LogP contribution in [0, 0.1) is 0 Å². The van der Waals surface area contributed by atoms with Gasteiger partial charge in [0.05, 0.1) is 20.5 Å². The lowest BCUT2D eigenvalue weighted by atomic mass is 9.96. The second-order valence-corrected chi connectivity index (χ2v) is 14.3. The van der Waals surface area contributed by atoms with E-state index in [0.29, 0.717) is 11.3 Å². The van der Waals surface area contributed by atoms with Crippen molar-refractivity contribution in [3.8, 4) is 0 Å². The van der Waals surface area contributed by atoms with E-state index in [4.69, 9.17) is 46.4 Å². The summed E-state index contributed by atoms with van der Waals surface area (Å²) in [6.45, 7) is -0.0184. The first-order valence-corrected chi connectivity index (χ1v) is 17.0.